The van der Waals surface area contributed by atoms with E-state index in [0.717, 1.165) is 12.8 Å². The predicted molar refractivity (Wildman–Crippen MR) is 111 cm³/mol. The lowest BCUT2D eigenvalue weighted by Crippen LogP contribution is -2.44. The Morgan fingerprint density at radius 3 is 2.46 bits per heavy atom. The molecule has 2 aromatic rings. The largest absolute Gasteiger partial charge is 0.381 e. The van der Waals surface area contributed by atoms with Gasteiger partial charge in [0.25, 0.3) is 0 Å². The Morgan fingerprint density at radius 1 is 1.11 bits per heavy atom. The average Bonchev–Trinajstić information content (AvgIpc) is 2.68. The van der Waals surface area contributed by atoms with Crippen LogP contribution < -0.4 is 11.1 Å². The molecule has 0 bridgehead atoms. The van der Waals surface area contributed by atoms with Crippen LogP contribution in [0.2, 0.25) is 0 Å². The number of rotatable bonds is 6. The first-order valence-electron chi connectivity index (χ1n) is 8.97. The fourth-order valence-electron chi connectivity index (χ4n) is 3.18. The summed E-state index contributed by atoms with van der Waals surface area (Å²) in [6, 6.07) is 14.6. The molecule has 2 aromatic carbocycles. The summed E-state index contributed by atoms with van der Waals surface area (Å²) in [4.78, 5) is 12.7. The summed E-state index contributed by atoms with van der Waals surface area (Å²) in [6.07, 6.45) is 1.54. The Morgan fingerprint density at radius 2 is 1.79 bits per heavy atom. The monoisotopic (exact) mass is 424 g/mol. The van der Waals surface area contributed by atoms with E-state index in [1.807, 2.05) is 0 Å². The summed E-state index contributed by atoms with van der Waals surface area (Å²) in [6.45, 7) is 1.25. The number of halogens is 1. The molecule has 0 aromatic heterocycles. The molecular weight excluding hydrogens is 400 g/mol. The molecule has 6 nitrogen and oxygen atoms in total. The SMILES string of the molecule is Cl.NC(C(=O)Nc1cccc(CS(=O)(=O)c2ccccc2)c1)C1CCOCC1. The number of carbonyl (C=O) groups is 1. The topological polar surface area (TPSA) is 98.5 Å². The van der Waals surface area contributed by atoms with E-state index in [0.29, 0.717) is 24.5 Å². The van der Waals surface area contributed by atoms with Gasteiger partial charge in [-0.2, -0.15) is 0 Å². The number of sulfone groups is 1. The van der Waals surface area contributed by atoms with E-state index < -0.39 is 15.9 Å². The Balaban J connectivity index is 0.00000280. The Labute approximate surface area is 171 Å². The maximum Gasteiger partial charge on any atom is 0.241 e. The van der Waals surface area contributed by atoms with Gasteiger partial charge < -0.3 is 15.8 Å². The maximum atomic E-state index is 12.5. The second kappa shape index (κ2) is 10.0. The van der Waals surface area contributed by atoms with Crippen molar-refractivity contribution >= 4 is 33.8 Å². The lowest BCUT2D eigenvalue weighted by atomic mass is 9.92. The van der Waals surface area contributed by atoms with Crippen molar-refractivity contribution in [2.24, 2.45) is 11.7 Å². The van der Waals surface area contributed by atoms with Gasteiger partial charge in [-0.3, -0.25) is 4.79 Å². The minimum Gasteiger partial charge on any atom is -0.381 e. The van der Waals surface area contributed by atoms with Crippen LogP contribution in [-0.4, -0.2) is 33.6 Å². The minimum absolute atomic E-state index is 0. The molecule has 3 rings (SSSR count). The highest BCUT2D eigenvalue weighted by Gasteiger charge is 2.26. The summed E-state index contributed by atoms with van der Waals surface area (Å²) in [5.41, 5.74) is 7.24. The molecule has 0 saturated carbocycles. The zero-order valence-corrected chi connectivity index (χ0v) is 17.0. The van der Waals surface area contributed by atoms with Crippen molar-refractivity contribution in [1.82, 2.24) is 0 Å². The van der Waals surface area contributed by atoms with E-state index in [2.05, 4.69) is 5.32 Å². The van der Waals surface area contributed by atoms with Crippen molar-refractivity contribution in [3.05, 3.63) is 60.2 Å². The van der Waals surface area contributed by atoms with E-state index >= 15 is 0 Å². The van der Waals surface area contributed by atoms with Crippen molar-refractivity contribution in [3.63, 3.8) is 0 Å². The third kappa shape index (κ3) is 5.78. The normalized spacial score (nSPS) is 16.0. The third-order valence-corrected chi connectivity index (χ3v) is 6.43. The highest BCUT2D eigenvalue weighted by Crippen LogP contribution is 2.21. The second-order valence-electron chi connectivity index (χ2n) is 6.74. The molecule has 28 heavy (non-hydrogen) atoms. The quantitative estimate of drug-likeness (QED) is 0.742. The van der Waals surface area contributed by atoms with Crippen LogP contribution in [0.5, 0.6) is 0 Å². The molecule has 0 radical (unpaired) electrons. The minimum atomic E-state index is -3.44. The second-order valence-corrected chi connectivity index (χ2v) is 8.73. The van der Waals surface area contributed by atoms with Crippen molar-refractivity contribution < 1.29 is 17.9 Å². The highest BCUT2D eigenvalue weighted by atomic mass is 35.5. The predicted octanol–water partition coefficient (Wildman–Crippen LogP) is 2.77. The number of carbonyl (C=O) groups excluding carboxylic acids is 1. The van der Waals surface area contributed by atoms with Gasteiger partial charge in [-0.1, -0.05) is 30.3 Å². The lowest BCUT2D eigenvalue weighted by Gasteiger charge is -2.26. The van der Waals surface area contributed by atoms with Crippen LogP contribution in [0.25, 0.3) is 0 Å². The van der Waals surface area contributed by atoms with Crippen LogP contribution in [0.1, 0.15) is 18.4 Å². The van der Waals surface area contributed by atoms with Gasteiger partial charge in [0, 0.05) is 18.9 Å². The van der Waals surface area contributed by atoms with Gasteiger partial charge in [-0.05, 0) is 48.6 Å². The van der Waals surface area contributed by atoms with E-state index in [9.17, 15) is 13.2 Å². The van der Waals surface area contributed by atoms with Crippen molar-refractivity contribution in [2.45, 2.75) is 29.5 Å². The first-order valence-corrected chi connectivity index (χ1v) is 10.6. The van der Waals surface area contributed by atoms with Gasteiger partial charge in [0.1, 0.15) is 0 Å². The summed E-state index contributed by atoms with van der Waals surface area (Å²) in [5, 5.41) is 2.81. The van der Waals surface area contributed by atoms with Gasteiger partial charge >= 0.3 is 0 Å². The number of anilines is 1. The van der Waals surface area contributed by atoms with Crippen LogP contribution in [0.15, 0.2) is 59.5 Å². The summed E-state index contributed by atoms with van der Waals surface area (Å²) < 4.78 is 30.4. The number of amides is 1. The number of benzene rings is 2. The molecule has 1 aliphatic rings. The number of ether oxygens (including phenoxy) is 1. The first kappa shape index (κ1) is 22.4. The van der Waals surface area contributed by atoms with Gasteiger partial charge in [0.05, 0.1) is 16.7 Å². The number of hydrogen-bond acceptors (Lipinski definition) is 5. The fourth-order valence-corrected chi connectivity index (χ4v) is 4.54. The van der Waals surface area contributed by atoms with Crippen molar-refractivity contribution in [3.8, 4) is 0 Å². The van der Waals surface area contributed by atoms with Crippen molar-refractivity contribution in [1.29, 1.82) is 0 Å². The van der Waals surface area contributed by atoms with Crippen LogP contribution >= 0.6 is 12.4 Å². The Hall–Kier alpha value is -1.93. The average molecular weight is 425 g/mol. The molecule has 1 saturated heterocycles. The molecule has 1 amide bonds. The number of nitrogens with two attached hydrogens (primary N) is 1. The van der Waals surface area contributed by atoms with Crippen LogP contribution in [-0.2, 0) is 25.1 Å². The van der Waals surface area contributed by atoms with E-state index in [1.165, 1.54) is 0 Å². The molecule has 1 unspecified atom stereocenters. The summed E-state index contributed by atoms with van der Waals surface area (Å²) >= 11 is 0. The maximum absolute atomic E-state index is 12.5. The number of nitrogens with one attached hydrogen (secondary N) is 1. The van der Waals surface area contributed by atoms with E-state index in [1.54, 1.807) is 54.6 Å². The first-order chi connectivity index (χ1) is 13.0. The summed E-state index contributed by atoms with van der Waals surface area (Å²) in [5.74, 6) is -0.294. The highest BCUT2D eigenvalue weighted by molar-refractivity contribution is 7.90. The molecule has 0 aliphatic carbocycles. The third-order valence-electron chi connectivity index (χ3n) is 4.73. The van der Waals surface area contributed by atoms with E-state index in [4.69, 9.17) is 10.5 Å². The molecular formula is C20H25ClN2O4S. The molecule has 1 heterocycles. The molecule has 1 fully saturated rings. The van der Waals surface area contributed by atoms with E-state index in [-0.39, 0.29) is 34.9 Å². The molecule has 152 valence electrons. The standard InChI is InChI=1S/C20H24N2O4S.ClH/c21-19(16-9-11-26-12-10-16)20(23)22-17-6-4-5-15(13-17)14-27(24,25)18-7-2-1-3-8-18;/h1-8,13,16,19H,9-12,14,21H2,(H,22,23);1H. The molecule has 0 spiro atoms. The zero-order chi connectivity index (χ0) is 19.3. The van der Waals surface area contributed by atoms with Gasteiger partial charge in [0.2, 0.25) is 5.91 Å². The van der Waals surface area contributed by atoms with Gasteiger partial charge in [0.15, 0.2) is 9.84 Å². The Kier molecular flexibility index (Phi) is 8.00. The lowest BCUT2D eigenvalue weighted by molar-refractivity contribution is -0.119. The Bertz CT molecular complexity index is 884. The van der Waals surface area contributed by atoms with Gasteiger partial charge in [-0.25, -0.2) is 8.42 Å². The van der Waals surface area contributed by atoms with Crippen molar-refractivity contribution in [2.75, 3.05) is 18.5 Å². The number of hydrogen-bond donors (Lipinski definition) is 2. The molecule has 8 heteroatoms. The van der Waals surface area contributed by atoms with Gasteiger partial charge in [-0.15, -0.1) is 12.4 Å². The van der Waals surface area contributed by atoms with Crippen LogP contribution in [0.4, 0.5) is 5.69 Å². The molecule has 1 atom stereocenters. The van der Waals surface area contributed by atoms with Crippen LogP contribution in [0.3, 0.4) is 0 Å². The molecule has 1 aliphatic heterocycles. The fraction of sp³-hybridized carbons (Fsp3) is 0.350. The smallest absolute Gasteiger partial charge is 0.241 e. The zero-order valence-electron chi connectivity index (χ0n) is 15.4. The summed E-state index contributed by atoms with van der Waals surface area (Å²) in [7, 11) is -3.44. The van der Waals surface area contributed by atoms with Crippen LogP contribution in [0, 0.1) is 5.92 Å². The molecule has 3 N–H and O–H groups in total.